The molecule has 0 amide bonds. The topological polar surface area (TPSA) is 49.8 Å². The van der Waals surface area contributed by atoms with Gasteiger partial charge in [-0.15, -0.1) is 11.3 Å². The smallest absolute Gasteiger partial charge is 0.313 e. The Labute approximate surface area is 188 Å². The predicted molar refractivity (Wildman–Crippen MR) is 121 cm³/mol. The summed E-state index contributed by atoms with van der Waals surface area (Å²) in [5.74, 6) is 5.33. The molecule has 1 fully saturated rings. The molecule has 0 saturated carbocycles. The van der Waals surface area contributed by atoms with E-state index < -0.39 is 11.0 Å². The monoisotopic (exact) mass is 443 g/mol. The fourth-order valence-electron chi connectivity index (χ4n) is 4.00. The van der Waals surface area contributed by atoms with Gasteiger partial charge in [-0.3, -0.25) is 9.69 Å². The number of hydrogen-bond acceptors (Lipinski definition) is 5. The SMILES string of the molecule is CCOC(=O)[C@@]1(Cc2ccccc2F)CCCN(Cc2ccc(C#CC(C)(C)O)s2)C1. The van der Waals surface area contributed by atoms with Gasteiger partial charge >= 0.3 is 5.97 Å². The van der Waals surface area contributed by atoms with Crippen LogP contribution in [0.25, 0.3) is 0 Å². The summed E-state index contributed by atoms with van der Waals surface area (Å²) < 4.78 is 19.8. The molecule has 1 aromatic heterocycles. The van der Waals surface area contributed by atoms with Crippen molar-refractivity contribution in [1.82, 2.24) is 4.90 Å². The van der Waals surface area contributed by atoms with Gasteiger partial charge in [-0.05, 0) is 70.3 Å². The van der Waals surface area contributed by atoms with E-state index in [9.17, 15) is 14.3 Å². The number of nitrogens with zero attached hydrogens (tertiary/aromatic N) is 1. The number of benzene rings is 1. The molecule has 0 bridgehead atoms. The summed E-state index contributed by atoms with van der Waals surface area (Å²) in [5.41, 5.74) is -1.22. The van der Waals surface area contributed by atoms with Gasteiger partial charge in [-0.1, -0.05) is 30.0 Å². The number of rotatable bonds is 6. The van der Waals surface area contributed by atoms with Crippen molar-refractivity contribution in [3.05, 3.63) is 57.5 Å². The number of piperidine rings is 1. The van der Waals surface area contributed by atoms with Gasteiger partial charge in [0.15, 0.2) is 0 Å². The zero-order valence-corrected chi connectivity index (χ0v) is 19.2. The third kappa shape index (κ3) is 6.39. The minimum absolute atomic E-state index is 0.245. The number of likely N-dealkylation sites (tertiary alicyclic amines) is 1. The zero-order chi connectivity index (χ0) is 22.5. The third-order valence-electron chi connectivity index (χ3n) is 5.38. The molecule has 1 saturated heterocycles. The van der Waals surface area contributed by atoms with Crippen LogP contribution in [0.5, 0.6) is 0 Å². The second-order valence-electron chi connectivity index (χ2n) is 8.66. The maximum Gasteiger partial charge on any atom is 0.313 e. The largest absolute Gasteiger partial charge is 0.466 e. The number of thiophene rings is 1. The number of halogens is 1. The van der Waals surface area contributed by atoms with Gasteiger partial charge in [-0.25, -0.2) is 4.39 Å². The quantitative estimate of drug-likeness (QED) is 0.531. The second-order valence-corrected chi connectivity index (χ2v) is 9.83. The Hall–Kier alpha value is -2.20. The Morgan fingerprint density at radius 2 is 2.10 bits per heavy atom. The molecular formula is C25H30FNO3S. The van der Waals surface area contributed by atoms with Crippen LogP contribution in [0.1, 0.15) is 48.9 Å². The summed E-state index contributed by atoms with van der Waals surface area (Å²) in [6.45, 7) is 7.54. The molecule has 1 aromatic carbocycles. The van der Waals surface area contributed by atoms with Gasteiger partial charge in [0.05, 0.1) is 16.9 Å². The molecule has 1 N–H and O–H groups in total. The van der Waals surface area contributed by atoms with E-state index in [1.807, 2.05) is 12.1 Å². The molecule has 2 heterocycles. The first-order chi connectivity index (χ1) is 14.7. The van der Waals surface area contributed by atoms with E-state index >= 15 is 0 Å². The first-order valence-corrected chi connectivity index (χ1v) is 11.5. The number of carbonyl (C=O) groups excluding carboxylic acids is 1. The average Bonchev–Trinajstić information content (AvgIpc) is 3.15. The minimum Gasteiger partial charge on any atom is -0.466 e. The Kier molecular flexibility index (Phi) is 7.53. The van der Waals surface area contributed by atoms with Crippen molar-refractivity contribution in [2.75, 3.05) is 19.7 Å². The number of ether oxygens (including phenoxy) is 1. The molecule has 3 rings (SSSR count). The average molecular weight is 444 g/mol. The van der Waals surface area contributed by atoms with Crippen molar-refractivity contribution >= 4 is 17.3 Å². The van der Waals surface area contributed by atoms with Gasteiger partial charge in [0, 0.05) is 18.0 Å². The zero-order valence-electron chi connectivity index (χ0n) is 18.4. The molecule has 1 aliphatic rings. The summed E-state index contributed by atoms with van der Waals surface area (Å²) in [5, 5.41) is 9.79. The van der Waals surface area contributed by atoms with Crippen LogP contribution in [0, 0.1) is 23.1 Å². The summed E-state index contributed by atoms with van der Waals surface area (Å²) in [7, 11) is 0. The molecule has 166 valence electrons. The lowest BCUT2D eigenvalue weighted by atomic mass is 9.75. The lowest BCUT2D eigenvalue weighted by Crippen LogP contribution is -2.49. The van der Waals surface area contributed by atoms with Crippen molar-refractivity contribution in [2.24, 2.45) is 5.41 Å². The molecule has 1 aliphatic heterocycles. The Morgan fingerprint density at radius 3 is 2.81 bits per heavy atom. The Morgan fingerprint density at radius 1 is 1.32 bits per heavy atom. The van der Waals surface area contributed by atoms with Gasteiger partial charge < -0.3 is 9.84 Å². The van der Waals surface area contributed by atoms with E-state index in [-0.39, 0.29) is 11.8 Å². The first kappa shape index (κ1) is 23.5. The van der Waals surface area contributed by atoms with Crippen LogP contribution < -0.4 is 0 Å². The van der Waals surface area contributed by atoms with Crippen LogP contribution in [0.15, 0.2) is 36.4 Å². The van der Waals surface area contributed by atoms with E-state index in [0.29, 0.717) is 38.1 Å². The van der Waals surface area contributed by atoms with Crippen molar-refractivity contribution < 1.29 is 19.0 Å². The standard InChI is InChI=1S/C25H30FNO3S/c1-4-30-23(28)25(16-19-8-5-6-9-22(19)26)13-7-15-27(18-25)17-21-11-10-20(31-21)12-14-24(2,3)29/h5-6,8-11,29H,4,7,13,15-18H2,1-3H3/t25-/m1/s1. The number of esters is 1. The van der Waals surface area contributed by atoms with Crippen molar-refractivity contribution in [3.8, 4) is 11.8 Å². The highest BCUT2D eigenvalue weighted by atomic mass is 32.1. The van der Waals surface area contributed by atoms with E-state index in [4.69, 9.17) is 4.74 Å². The maximum absolute atomic E-state index is 14.4. The highest BCUT2D eigenvalue weighted by Crippen LogP contribution is 2.37. The molecule has 1 atom stereocenters. The predicted octanol–water partition coefficient (Wildman–Crippen LogP) is 4.40. The highest BCUT2D eigenvalue weighted by molar-refractivity contribution is 7.12. The van der Waals surface area contributed by atoms with Gasteiger partial charge in [0.2, 0.25) is 0 Å². The van der Waals surface area contributed by atoms with Crippen LogP contribution in [0.3, 0.4) is 0 Å². The minimum atomic E-state index is -1.02. The second kappa shape index (κ2) is 9.95. The number of carbonyl (C=O) groups is 1. The molecule has 0 spiro atoms. The fourth-order valence-corrected chi connectivity index (χ4v) is 4.90. The Balaban J connectivity index is 1.77. The van der Waals surface area contributed by atoms with Crippen molar-refractivity contribution in [3.63, 3.8) is 0 Å². The van der Waals surface area contributed by atoms with Crippen LogP contribution in [0.4, 0.5) is 4.39 Å². The summed E-state index contributed by atoms with van der Waals surface area (Å²) in [4.78, 5) is 17.3. The maximum atomic E-state index is 14.4. The van der Waals surface area contributed by atoms with E-state index in [2.05, 4.69) is 16.7 Å². The molecule has 0 radical (unpaired) electrons. The van der Waals surface area contributed by atoms with Crippen LogP contribution >= 0.6 is 11.3 Å². The molecule has 0 unspecified atom stereocenters. The fraction of sp³-hybridized carbons (Fsp3) is 0.480. The lowest BCUT2D eigenvalue weighted by molar-refractivity contribution is -0.159. The van der Waals surface area contributed by atoms with Crippen molar-refractivity contribution in [2.45, 2.75) is 52.2 Å². The van der Waals surface area contributed by atoms with Gasteiger partial charge in [0.1, 0.15) is 11.4 Å². The number of hydrogen-bond donors (Lipinski definition) is 1. The van der Waals surface area contributed by atoms with Crippen LogP contribution in [-0.4, -0.2) is 41.3 Å². The normalized spacial score (nSPS) is 19.5. The van der Waals surface area contributed by atoms with Crippen molar-refractivity contribution in [1.29, 1.82) is 0 Å². The molecular weight excluding hydrogens is 413 g/mol. The molecule has 2 aromatic rings. The van der Waals surface area contributed by atoms with Gasteiger partial charge in [-0.2, -0.15) is 0 Å². The lowest BCUT2D eigenvalue weighted by Gasteiger charge is -2.41. The molecule has 4 nitrogen and oxygen atoms in total. The first-order valence-electron chi connectivity index (χ1n) is 10.7. The summed E-state index contributed by atoms with van der Waals surface area (Å²) in [6, 6.07) is 10.7. The van der Waals surface area contributed by atoms with Crippen LogP contribution in [0.2, 0.25) is 0 Å². The third-order valence-corrected chi connectivity index (χ3v) is 6.37. The summed E-state index contributed by atoms with van der Waals surface area (Å²) in [6.07, 6.45) is 1.87. The number of aliphatic hydroxyl groups is 1. The molecule has 31 heavy (non-hydrogen) atoms. The van der Waals surface area contributed by atoms with Gasteiger partial charge in [0.25, 0.3) is 0 Å². The van der Waals surface area contributed by atoms with E-state index in [1.165, 1.54) is 6.07 Å². The van der Waals surface area contributed by atoms with E-state index in [1.54, 1.807) is 50.3 Å². The summed E-state index contributed by atoms with van der Waals surface area (Å²) >= 11 is 1.59. The van der Waals surface area contributed by atoms with E-state index in [0.717, 1.165) is 22.7 Å². The highest BCUT2D eigenvalue weighted by Gasteiger charge is 2.44. The van der Waals surface area contributed by atoms with Crippen LogP contribution in [-0.2, 0) is 22.5 Å². The Bertz CT molecular complexity index is 969. The molecule has 6 heteroatoms. The molecule has 0 aliphatic carbocycles.